The van der Waals surface area contributed by atoms with E-state index in [2.05, 4.69) is 55.5 Å². The number of likely N-dealkylation sites (N-methyl/N-ethyl adjacent to an activating group) is 2. The molecule has 0 saturated carbocycles. The zero-order valence-electron chi connectivity index (χ0n) is 12.4. The maximum atomic E-state index is 5.50. The fraction of sp³-hybridized carbons (Fsp3) is 0.625. The number of hydrogen-bond acceptors (Lipinski definition) is 3. The molecule has 1 aliphatic heterocycles. The van der Waals surface area contributed by atoms with Crippen molar-refractivity contribution in [2.75, 3.05) is 33.9 Å². The van der Waals surface area contributed by atoms with Crippen LogP contribution in [0.5, 0.6) is 0 Å². The second kappa shape index (κ2) is 7.04. The molecule has 2 unspecified atom stereocenters. The van der Waals surface area contributed by atoms with Gasteiger partial charge >= 0.3 is 0 Å². The first-order chi connectivity index (χ1) is 9.20. The Labute approximate surface area is 116 Å². The van der Waals surface area contributed by atoms with E-state index in [1.807, 2.05) is 0 Å². The van der Waals surface area contributed by atoms with Crippen molar-refractivity contribution in [3.8, 4) is 0 Å². The molecular formula is C16H26N2O. The summed E-state index contributed by atoms with van der Waals surface area (Å²) in [6.45, 7) is 6.09. The molecule has 19 heavy (non-hydrogen) atoms. The van der Waals surface area contributed by atoms with Crippen molar-refractivity contribution in [2.45, 2.75) is 25.9 Å². The fourth-order valence-corrected chi connectivity index (χ4v) is 2.82. The third-order valence-electron chi connectivity index (χ3n) is 4.11. The van der Waals surface area contributed by atoms with E-state index in [0.717, 1.165) is 26.3 Å². The largest absolute Gasteiger partial charge is 0.381 e. The monoisotopic (exact) mass is 262 g/mol. The lowest BCUT2D eigenvalue weighted by molar-refractivity contribution is 0.167. The van der Waals surface area contributed by atoms with E-state index in [-0.39, 0.29) is 0 Å². The van der Waals surface area contributed by atoms with Gasteiger partial charge in [-0.2, -0.15) is 0 Å². The zero-order chi connectivity index (χ0) is 13.7. The van der Waals surface area contributed by atoms with Gasteiger partial charge in [-0.1, -0.05) is 24.3 Å². The molecular weight excluding hydrogens is 236 g/mol. The molecule has 2 atom stereocenters. The highest BCUT2D eigenvalue weighted by molar-refractivity contribution is 5.25. The van der Waals surface area contributed by atoms with Gasteiger partial charge in [0, 0.05) is 31.7 Å². The van der Waals surface area contributed by atoms with Crippen LogP contribution in [0.2, 0.25) is 0 Å². The molecule has 3 nitrogen and oxygen atoms in total. The van der Waals surface area contributed by atoms with Crippen LogP contribution in [0.4, 0.5) is 0 Å². The molecule has 2 rings (SSSR count). The predicted molar refractivity (Wildman–Crippen MR) is 79.3 cm³/mol. The summed E-state index contributed by atoms with van der Waals surface area (Å²) < 4.78 is 5.50. The van der Waals surface area contributed by atoms with E-state index in [4.69, 9.17) is 4.74 Å². The SMILES string of the molecule is CNC(CN(C)Cc1ccccc1C)C1CCOC1. The minimum atomic E-state index is 0.525. The summed E-state index contributed by atoms with van der Waals surface area (Å²) >= 11 is 0. The van der Waals surface area contributed by atoms with Crippen LogP contribution in [-0.4, -0.2) is 44.8 Å². The van der Waals surface area contributed by atoms with Crippen LogP contribution in [0.1, 0.15) is 17.5 Å². The van der Waals surface area contributed by atoms with E-state index in [1.54, 1.807) is 0 Å². The maximum Gasteiger partial charge on any atom is 0.0510 e. The zero-order valence-corrected chi connectivity index (χ0v) is 12.4. The first-order valence-electron chi connectivity index (χ1n) is 7.18. The third-order valence-corrected chi connectivity index (χ3v) is 4.11. The van der Waals surface area contributed by atoms with Crippen LogP contribution in [0.15, 0.2) is 24.3 Å². The quantitative estimate of drug-likeness (QED) is 0.849. The highest BCUT2D eigenvalue weighted by Gasteiger charge is 2.25. The summed E-state index contributed by atoms with van der Waals surface area (Å²) in [6.07, 6.45) is 1.18. The van der Waals surface area contributed by atoms with E-state index in [0.29, 0.717) is 12.0 Å². The standard InChI is InChI=1S/C16H26N2O/c1-13-6-4-5-7-14(13)10-18(3)11-16(17-2)15-8-9-19-12-15/h4-7,15-17H,8-12H2,1-3H3. The predicted octanol–water partition coefficient (Wildman–Crippen LogP) is 2.05. The fourth-order valence-electron chi connectivity index (χ4n) is 2.82. The molecule has 1 N–H and O–H groups in total. The third kappa shape index (κ3) is 4.03. The number of benzene rings is 1. The average molecular weight is 262 g/mol. The van der Waals surface area contributed by atoms with Crippen LogP contribution >= 0.6 is 0 Å². The second-order valence-electron chi connectivity index (χ2n) is 5.64. The Morgan fingerprint density at radius 2 is 2.21 bits per heavy atom. The van der Waals surface area contributed by atoms with Gasteiger partial charge in [0.1, 0.15) is 0 Å². The van der Waals surface area contributed by atoms with Gasteiger partial charge in [-0.15, -0.1) is 0 Å². The van der Waals surface area contributed by atoms with Crippen LogP contribution in [0.3, 0.4) is 0 Å². The Bertz CT molecular complexity index is 388. The summed E-state index contributed by atoms with van der Waals surface area (Å²) in [5.74, 6) is 0.657. The minimum absolute atomic E-state index is 0.525. The molecule has 1 saturated heterocycles. The summed E-state index contributed by atoms with van der Waals surface area (Å²) in [4.78, 5) is 2.40. The first-order valence-corrected chi connectivity index (χ1v) is 7.18. The van der Waals surface area contributed by atoms with E-state index >= 15 is 0 Å². The minimum Gasteiger partial charge on any atom is -0.381 e. The number of aryl methyl sites for hydroxylation is 1. The van der Waals surface area contributed by atoms with Gasteiger partial charge in [0.15, 0.2) is 0 Å². The molecule has 1 aromatic rings. The van der Waals surface area contributed by atoms with Gasteiger partial charge in [0.05, 0.1) is 6.61 Å². The van der Waals surface area contributed by atoms with E-state index in [1.165, 1.54) is 17.5 Å². The van der Waals surface area contributed by atoms with Gasteiger partial charge in [-0.05, 0) is 38.6 Å². The Hall–Kier alpha value is -0.900. The summed E-state index contributed by atoms with van der Waals surface area (Å²) in [7, 11) is 4.26. The van der Waals surface area contributed by atoms with Gasteiger partial charge < -0.3 is 15.0 Å². The van der Waals surface area contributed by atoms with Gasteiger partial charge in [-0.25, -0.2) is 0 Å². The molecule has 1 aliphatic rings. The Kier molecular flexibility index (Phi) is 5.37. The van der Waals surface area contributed by atoms with Crippen LogP contribution < -0.4 is 5.32 Å². The topological polar surface area (TPSA) is 24.5 Å². The molecule has 0 amide bonds. The number of hydrogen-bond donors (Lipinski definition) is 1. The average Bonchev–Trinajstić information content (AvgIpc) is 2.92. The molecule has 0 aliphatic carbocycles. The molecule has 1 fully saturated rings. The normalized spacial score (nSPS) is 20.9. The molecule has 0 bridgehead atoms. The lowest BCUT2D eigenvalue weighted by atomic mass is 9.98. The lowest BCUT2D eigenvalue weighted by Gasteiger charge is -2.27. The second-order valence-corrected chi connectivity index (χ2v) is 5.64. The Morgan fingerprint density at radius 3 is 2.84 bits per heavy atom. The van der Waals surface area contributed by atoms with Gasteiger partial charge in [0.2, 0.25) is 0 Å². The van der Waals surface area contributed by atoms with Gasteiger partial charge in [-0.3, -0.25) is 0 Å². The molecule has 1 aromatic carbocycles. The van der Waals surface area contributed by atoms with Crippen molar-refractivity contribution in [2.24, 2.45) is 5.92 Å². The summed E-state index contributed by atoms with van der Waals surface area (Å²) in [5, 5.41) is 3.45. The molecule has 1 heterocycles. The number of nitrogens with one attached hydrogen (secondary N) is 1. The maximum absolute atomic E-state index is 5.50. The smallest absolute Gasteiger partial charge is 0.0510 e. The first kappa shape index (κ1) is 14.5. The molecule has 106 valence electrons. The van der Waals surface area contributed by atoms with Crippen LogP contribution in [0, 0.1) is 12.8 Å². The molecule has 0 aromatic heterocycles. The van der Waals surface area contributed by atoms with E-state index in [9.17, 15) is 0 Å². The van der Waals surface area contributed by atoms with Crippen molar-refractivity contribution in [1.29, 1.82) is 0 Å². The van der Waals surface area contributed by atoms with Crippen molar-refractivity contribution in [1.82, 2.24) is 10.2 Å². The number of rotatable bonds is 6. The van der Waals surface area contributed by atoms with Crippen molar-refractivity contribution in [3.05, 3.63) is 35.4 Å². The van der Waals surface area contributed by atoms with Gasteiger partial charge in [0.25, 0.3) is 0 Å². The van der Waals surface area contributed by atoms with Crippen molar-refractivity contribution < 1.29 is 4.74 Å². The number of nitrogens with zero attached hydrogens (tertiary/aromatic N) is 1. The molecule has 3 heteroatoms. The highest BCUT2D eigenvalue weighted by Crippen LogP contribution is 2.18. The molecule has 0 radical (unpaired) electrons. The summed E-state index contributed by atoms with van der Waals surface area (Å²) in [6, 6.07) is 9.15. The lowest BCUT2D eigenvalue weighted by Crippen LogP contribution is -2.43. The van der Waals surface area contributed by atoms with Crippen LogP contribution in [-0.2, 0) is 11.3 Å². The van der Waals surface area contributed by atoms with E-state index < -0.39 is 0 Å². The molecule has 0 spiro atoms. The van der Waals surface area contributed by atoms with Crippen LogP contribution in [0.25, 0.3) is 0 Å². The number of ether oxygens (including phenoxy) is 1. The van der Waals surface area contributed by atoms with Crippen molar-refractivity contribution in [3.63, 3.8) is 0 Å². The Balaban J connectivity index is 1.89. The highest BCUT2D eigenvalue weighted by atomic mass is 16.5. The summed E-state index contributed by atoms with van der Waals surface area (Å²) in [5.41, 5.74) is 2.79. The Morgan fingerprint density at radius 1 is 1.42 bits per heavy atom. The van der Waals surface area contributed by atoms with Crippen molar-refractivity contribution >= 4 is 0 Å².